The number of fused-ring (bicyclic) bond motifs is 1. The van der Waals surface area contributed by atoms with Gasteiger partial charge < -0.3 is 4.74 Å². The molecule has 3 aromatic rings. The van der Waals surface area contributed by atoms with Crippen LogP contribution < -0.4 is 9.46 Å². The molecule has 1 heterocycles. The van der Waals surface area contributed by atoms with Crippen LogP contribution in [0.25, 0.3) is 22.0 Å². The van der Waals surface area contributed by atoms with E-state index in [2.05, 4.69) is 15.2 Å². The lowest BCUT2D eigenvalue weighted by Gasteiger charge is -2.11. The highest BCUT2D eigenvalue weighted by Crippen LogP contribution is 2.39. The zero-order chi connectivity index (χ0) is 21.3. The van der Waals surface area contributed by atoms with Gasteiger partial charge in [-0.25, -0.2) is 18.1 Å². The van der Waals surface area contributed by atoms with Gasteiger partial charge in [0.25, 0.3) is 0 Å². The number of aromatic nitrogens is 2. The monoisotopic (exact) mass is 440 g/mol. The molecular weight excluding hydrogens is 420 g/mol. The van der Waals surface area contributed by atoms with Crippen LogP contribution in [0.1, 0.15) is 43.0 Å². The van der Waals surface area contributed by atoms with Gasteiger partial charge in [0.05, 0.1) is 11.7 Å². The van der Waals surface area contributed by atoms with Gasteiger partial charge in [-0.1, -0.05) is 18.2 Å². The highest BCUT2D eigenvalue weighted by atomic mass is 32.2. The average Bonchev–Trinajstić information content (AvgIpc) is 3.35. The van der Waals surface area contributed by atoms with E-state index < -0.39 is 10.9 Å². The third-order valence-corrected chi connectivity index (χ3v) is 6.18. The van der Waals surface area contributed by atoms with E-state index in [1.165, 1.54) is 11.5 Å². The molecule has 0 saturated heterocycles. The smallest absolute Gasteiger partial charge is 0.201 e. The van der Waals surface area contributed by atoms with Gasteiger partial charge in [-0.2, -0.15) is 9.64 Å². The maximum atomic E-state index is 11.1. The Balaban J connectivity index is 1.66. The van der Waals surface area contributed by atoms with E-state index in [1.807, 2.05) is 38.1 Å². The first-order chi connectivity index (χ1) is 14.5. The first kappa shape index (κ1) is 20.5. The maximum absolute atomic E-state index is 11.1. The molecule has 4 rings (SSSR count). The van der Waals surface area contributed by atoms with Gasteiger partial charge in [-0.3, -0.25) is 0 Å². The Bertz CT molecular complexity index is 1200. The predicted molar refractivity (Wildman–Crippen MR) is 116 cm³/mol. The fraction of sp³-hybridized carbons (Fsp3) is 0.286. The number of ether oxygens (including phenoxy) is 1. The van der Waals surface area contributed by atoms with E-state index >= 15 is 0 Å². The van der Waals surface area contributed by atoms with Crippen LogP contribution in [0, 0.1) is 11.3 Å². The minimum absolute atomic E-state index is 0.0230. The fourth-order valence-electron chi connectivity index (χ4n) is 3.68. The Kier molecular flexibility index (Phi) is 5.81. The van der Waals surface area contributed by atoms with Crippen LogP contribution >= 0.6 is 11.5 Å². The molecule has 0 saturated carbocycles. The maximum Gasteiger partial charge on any atom is 0.201 e. The van der Waals surface area contributed by atoms with Crippen LogP contribution in [0.5, 0.6) is 5.75 Å². The number of nitrogens with zero attached hydrogens (tertiary/aromatic N) is 3. The topological polar surface area (TPSA) is 105 Å². The molecule has 0 amide bonds. The zero-order valence-corrected chi connectivity index (χ0v) is 18.2. The van der Waals surface area contributed by atoms with Gasteiger partial charge in [-0.05, 0) is 67.5 Å². The Morgan fingerprint density at radius 2 is 2.13 bits per heavy atom. The van der Waals surface area contributed by atoms with Crippen molar-refractivity contribution in [2.24, 2.45) is 0 Å². The molecule has 2 aromatic carbocycles. The van der Waals surface area contributed by atoms with Crippen LogP contribution in [0.3, 0.4) is 0 Å². The molecule has 1 aliphatic rings. The van der Waals surface area contributed by atoms with Gasteiger partial charge >= 0.3 is 0 Å². The van der Waals surface area contributed by atoms with Gasteiger partial charge in [0.15, 0.2) is 5.82 Å². The molecule has 1 atom stereocenters. The fourth-order valence-corrected chi connectivity index (χ4v) is 4.94. The van der Waals surface area contributed by atoms with E-state index in [1.54, 1.807) is 12.1 Å². The van der Waals surface area contributed by atoms with Gasteiger partial charge in [0.1, 0.15) is 16.8 Å². The van der Waals surface area contributed by atoms with Crippen LogP contribution in [-0.4, -0.2) is 23.9 Å². The molecule has 7 nitrogen and oxygen atoms in total. The second-order valence-corrected chi connectivity index (χ2v) is 8.79. The van der Waals surface area contributed by atoms with Gasteiger partial charge in [0, 0.05) is 17.2 Å². The summed E-state index contributed by atoms with van der Waals surface area (Å²) in [6.45, 7) is 3.83. The zero-order valence-electron chi connectivity index (χ0n) is 16.5. The molecule has 1 aliphatic carbocycles. The Labute approximate surface area is 180 Å². The predicted octanol–water partition coefficient (Wildman–Crippen LogP) is 3.63. The van der Waals surface area contributed by atoms with Crippen molar-refractivity contribution in [3.8, 4) is 33.8 Å². The minimum atomic E-state index is -2.65. The summed E-state index contributed by atoms with van der Waals surface area (Å²) in [5.41, 5.74) is 4.26. The van der Waals surface area contributed by atoms with Crippen LogP contribution in [0.4, 0.5) is 0 Å². The number of nitriles is 1. The standard InChI is InChI=1S/C21H20N4O3S2/c1-12(2)28-19-9-6-13(10-14(19)11-22)20-23-21(29-24-20)17-5-3-4-16-15(17)7-8-18(16)25-30(26)27/h3-6,9-10,12,18,30H,7-8H2,1-2H3,(H,25,26,27). The second kappa shape index (κ2) is 8.52. The molecule has 0 aliphatic heterocycles. The number of hydrogen-bond acceptors (Lipinski definition) is 7. The Morgan fingerprint density at radius 1 is 1.30 bits per heavy atom. The molecule has 9 heteroatoms. The summed E-state index contributed by atoms with van der Waals surface area (Å²) in [5.74, 6) is 1.10. The van der Waals surface area contributed by atoms with Crippen molar-refractivity contribution in [3.05, 3.63) is 53.1 Å². The normalized spacial score (nSPS) is 15.4. The number of hydrogen-bond donors (Lipinski definition) is 2. The van der Waals surface area contributed by atoms with E-state index in [9.17, 15) is 13.7 Å². The molecule has 1 aromatic heterocycles. The molecule has 1 unspecified atom stereocenters. The molecule has 0 radical (unpaired) electrons. The largest absolute Gasteiger partial charge is 0.490 e. The molecular formula is C21H20N4O3S2. The number of thiol groups is 1. The summed E-state index contributed by atoms with van der Waals surface area (Å²) < 4.78 is 35.0. The summed E-state index contributed by atoms with van der Waals surface area (Å²) >= 11 is 1.29. The summed E-state index contributed by atoms with van der Waals surface area (Å²) in [5, 5.41) is 10.2. The highest BCUT2D eigenvalue weighted by Gasteiger charge is 2.26. The molecule has 0 spiro atoms. The quantitative estimate of drug-likeness (QED) is 0.567. The second-order valence-electron chi connectivity index (χ2n) is 7.26. The number of benzene rings is 2. The van der Waals surface area contributed by atoms with E-state index in [0.717, 1.165) is 40.1 Å². The number of nitrogens with one attached hydrogen (secondary N) is 1. The van der Waals surface area contributed by atoms with Crippen molar-refractivity contribution >= 4 is 22.4 Å². The SMILES string of the molecule is CC(C)Oc1ccc(-c2nsc(-c3cccc4c3CCC4N[SH](=O)=O)n2)cc1C#N. The molecule has 0 bridgehead atoms. The summed E-state index contributed by atoms with van der Waals surface area (Å²) in [4.78, 5) is 4.70. The van der Waals surface area contributed by atoms with Crippen molar-refractivity contribution in [2.45, 2.75) is 38.8 Å². The molecule has 1 N–H and O–H groups in total. The summed E-state index contributed by atoms with van der Waals surface area (Å²) in [6, 6.07) is 13.2. The first-order valence-corrected chi connectivity index (χ1v) is 11.5. The van der Waals surface area contributed by atoms with Crippen molar-refractivity contribution in [2.75, 3.05) is 0 Å². The Morgan fingerprint density at radius 3 is 2.87 bits per heavy atom. The van der Waals surface area contributed by atoms with Crippen LogP contribution in [0.15, 0.2) is 36.4 Å². The average molecular weight is 441 g/mol. The Hall–Kier alpha value is -2.80. The van der Waals surface area contributed by atoms with Crippen LogP contribution in [0.2, 0.25) is 0 Å². The first-order valence-electron chi connectivity index (χ1n) is 9.54. The summed E-state index contributed by atoms with van der Waals surface area (Å²) in [6.07, 6.45) is 1.48. The van der Waals surface area contributed by atoms with Crippen molar-refractivity contribution in [1.29, 1.82) is 5.26 Å². The third-order valence-electron chi connectivity index (χ3n) is 4.91. The lowest BCUT2D eigenvalue weighted by molar-refractivity contribution is 0.242. The molecule has 0 fully saturated rings. The van der Waals surface area contributed by atoms with E-state index in [-0.39, 0.29) is 12.1 Å². The van der Waals surface area contributed by atoms with E-state index in [0.29, 0.717) is 17.1 Å². The van der Waals surface area contributed by atoms with Crippen molar-refractivity contribution < 1.29 is 13.2 Å². The number of rotatable bonds is 6. The third kappa shape index (κ3) is 4.07. The highest BCUT2D eigenvalue weighted by molar-refractivity contribution is 7.70. The van der Waals surface area contributed by atoms with E-state index in [4.69, 9.17) is 9.72 Å². The van der Waals surface area contributed by atoms with Gasteiger partial charge in [0.2, 0.25) is 10.9 Å². The molecule has 154 valence electrons. The summed E-state index contributed by atoms with van der Waals surface area (Å²) in [7, 11) is -2.65. The molecule has 30 heavy (non-hydrogen) atoms. The lowest BCUT2D eigenvalue weighted by atomic mass is 10.0. The lowest BCUT2D eigenvalue weighted by Crippen LogP contribution is -2.16. The van der Waals surface area contributed by atoms with Crippen LogP contribution in [-0.2, 0) is 17.3 Å². The minimum Gasteiger partial charge on any atom is -0.490 e. The van der Waals surface area contributed by atoms with Crippen molar-refractivity contribution in [3.63, 3.8) is 0 Å². The van der Waals surface area contributed by atoms with Crippen molar-refractivity contribution in [1.82, 2.24) is 14.1 Å². The van der Waals surface area contributed by atoms with Gasteiger partial charge in [-0.15, -0.1) is 0 Å².